The van der Waals surface area contributed by atoms with Gasteiger partial charge in [-0.15, -0.1) is 0 Å². The van der Waals surface area contributed by atoms with Gasteiger partial charge >= 0.3 is 0 Å². The van der Waals surface area contributed by atoms with Gasteiger partial charge in [0.05, 0.1) is 0 Å². The van der Waals surface area contributed by atoms with Gasteiger partial charge in [-0.2, -0.15) is 5.26 Å². The summed E-state index contributed by atoms with van der Waals surface area (Å²) >= 11 is 0. The lowest BCUT2D eigenvalue weighted by atomic mass is 10.1. The Hall–Kier alpha value is -2.61. The Balaban J connectivity index is 2.14. The van der Waals surface area contributed by atoms with E-state index in [0.717, 1.165) is 11.1 Å². The highest BCUT2D eigenvalue weighted by molar-refractivity contribution is 5.79. The van der Waals surface area contributed by atoms with E-state index in [2.05, 4.69) is 10.1 Å². The molecule has 2 heterocycles. The van der Waals surface area contributed by atoms with Gasteiger partial charge in [0.25, 0.3) is 0 Å². The van der Waals surface area contributed by atoms with Crippen molar-refractivity contribution in [2.75, 3.05) is 0 Å². The largest absolute Gasteiger partial charge is 0.441 e. The first-order valence-electron chi connectivity index (χ1n) is 5.00. The van der Waals surface area contributed by atoms with Gasteiger partial charge in [-0.3, -0.25) is 0 Å². The number of nitriles is 1. The minimum absolute atomic E-state index is 0.258. The Labute approximate surface area is 96.3 Å². The molecule has 0 fully saturated rings. The molecule has 1 aromatic carbocycles. The molecule has 82 valence electrons. The first kappa shape index (κ1) is 9.60. The van der Waals surface area contributed by atoms with Crippen LogP contribution in [0.25, 0.3) is 22.4 Å². The summed E-state index contributed by atoms with van der Waals surface area (Å²) in [5.74, 6) is 1.16. The van der Waals surface area contributed by atoms with Crippen LogP contribution in [0.2, 0.25) is 0 Å². The normalized spacial score (nSPS) is 10.6. The summed E-state index contributed by atoms with van der Waals surface area (Å²) in [5, 5.41) is 12.3. The van der Waals surface area contributed by atoms with E-state index in [9.17, 15) is 0 Å². The monoisotopic (exact) mass is 225 g/mol. The number of aryl methyl sites for hydroxylation is 1. The summed E-state index contributed by atoms with van der Waals surface area (Å²) < 4.78 is 10.5. The Kier molecular flexibility index (Phi) is 1.95. The fourth-order valence-corrected chi connectivity index (χ4v) is 1.66. The standard InChI is InChI=1S/C12H7N3O2/c1-7-14-10-3-2-8(4-12(10)16-7)11-5-9(6-13)15-17-11/h2-5H,1H3. The lowest BCUT2D eigenvalue weighted by Crippen LogP contribution is -1.74. The maximum atomic E-state index is 8.67. The van der Waals surface area contributed by atoms with Gasteiger partial charge in [-0.1, -0.05) is 5.16 Å². The average Bonchev–Trinajstić information content (AvgIpc) is 2.92. The summed E-state index contributed by atoms with van der Waals surface area (Å²) in [4.78, 5) is 4.20. The predicted molar refractivity (Wildman–Crippen MR) is 59.0 cm³/mol. The van der Waals surface area contributed by atoms with E-state index in [4.69, 9.17) is 14.2 Å². The van der Waals surface area contributed by atoms with E-state index in [1.54, 1.807) is 13.0 Å². The number of rotatable bonds is 1. The van der Waals surface area contributed by atoms with Crippen molar-refractivity contribution in [3.63, 3.8) is 0 Å². The molecule has 0 aliphatic heterocycles. The van der Waals surface area contributed by atoms with Crippen LogP contribution in [-0.2, 0) is 0 Å². The number of hydrogen-bond donors (Lipinski definition) is 0. The van der Waals surface area contributed by atoms with Crippen LogP contribution in [0.5, 0.6) is 0 Å². The van der Waals surface area contributed by atoms with Gasteiger partial charge in [-0.25, -0.2) is 4.98 Å². The van der Waals surface area contributed by atoms with Gasteiger partial charge in [0.1, 0.15) is 11.6 Å². The summed E-state index contributed by atoms with van der Waals surface area (Å²) in [6, 6.07) is 9.02. The van der Waals surface area contributed by atoms with E-state index < -0.39 is 0 Å². The second-order valence-electron chi connectivity index (χ2n) is 3.60. The molecule has 0 atom stereocenters. The van der Waals surface area contributed by atoms with Crippen LogP contribution in [0.4, 0.5) is 0 Å². The second kappa shape index (κ2) is 3.46. The highest BCUT2D eigenvalue weighted by Gasteiger charge is 2.09. The van der Waals surface area contributed by atoms with Gasteiger partial charge in [-0.05, 0) is 18.2 Å². The fraction of sp³-hybridized carbons (Fsp3) is 0.0833. The Morgan fingerprint density at radius 2 is 2.18 bits per heavy atom. The number of nitrogens with zero attached hydrogens (tertiary/aromatic N) is 3. The maximum Gasteiger partial charge on any atom is 0.192 e. The first-order valence-corrected chi connectivity index (χ1v) is 5.00. The number of aromatic nitrogens is 2. The van der Waals surface area contributed by atoms with Crippen molar-refractivity contribution < 1.29 is 8.94 Å². The van der Waals surface area contributed by atoms with Gasteiger partial charge in [0, 0.05) is 18.6 Å². The van der Waals surface area contributed by atoms with Crippen molar-refractivity contribution in [1.29, 1.82) is 5.26 Å². The molecule has 0 saturated heterocycles. The summed E-state index contributed by atoms with van der Waals surface area (Å²) in [6.07, 6.45) is 0. The third-order valence-corrected chi connectivity index (χ3v) is 2.40. The molecule has 5 nitrogen and oxygen atoms in total. The Morgan fingerprint density at radius 1 is 1.29 bits per heavy atom. The second-order valence-corrected chi connectivity index (χ2v) is 3.60. The van der Waals surface area contributed by atoms with Crippen LogP contribution in [0.3, 0.4) is 0 Å². The van der Waals surface area contributed by atoms with Gasteiger partial charge in [0.2, 0.25) is 0 Å². The highest BCUT2D eigenvalue weighted by Crippen LogP contribution is 2.25. The van der Waals surface area contributed by atoms with Gasteiger partial charge in [0.15, 0.2) is 22.9 Å². The molecule has 5 heteroatoms. The molecule has 17 heavy (non-hydrogen) atoms. The van der Waals surface area contributed by atoms with Crippen LogP contribution >= 0.6 is 0 Å². The lowest BCUT2D eigenvalue weighted by molar-refractivity contribution is 0.430. The Bertz CT molecular complexity index is 734. The molecule has 0 aliphatic rings. The van der Waals surface area contributed by atoms with E-state index in [1.165, 1.54) is 0 Å². The molecule has 0 amide bonds. The smallest absolute Gasteiger partial charge is 0.192 e. The van der Waals surface area contributed by atoms with Crippen LogP contribution in [0.15, 0.2) is 33.2 Å². The molecule has 3 aromatic rings. The molecule has 0 radical (unpaired) electrons. The molecular formula is C12H7N3O2. The van der Waals surface area contributed by atoms with E-state index >= 15 is 0 Å². The zero-order valence-corrected chi connectivity index (χ0v) is 8.97. The van der Waals surface area contributed by atoms with Crippen LogP contribution in [-0.4, -0.2) is 10.1 Å². The minimum atomic E-state index is 0.258. The molecule has 0 spiro atoms. The van der Waals surface area contributed by atoms with Crippen molar-refractivity contribution in [3.05, 3.63) is 35.9 Å². The number of oxazole rings is 1. The molecule has 2 aromatic heterocycles. The molecule has 0 saturated carbocycles. The van der Waals surface area contributed by atoms with Crippen molar-refractivity contribution in [3.8, 4) is 17.4 Å². The summed E-state index contributed by atoms with van der Waals surface area (Å²) in [7, 11) is 0. The molecule has 0 aliphatic carbocycles. The lowest BCUT2D eigenvalue weighted by Gasteiger charge is -1.93. The molecule has 0 N–H and O–H groups in total. The molecule has 3 rings (SSSR count). The van der Waals surface area contributed by atoms with Crippen LogP contribution in [0, 0.1) is 18.3 Å². The van der Waals surface area contributed by atoms with Crippen molar-refractivity contribution >= 4 is 11.1 Å². The quantitative estimate of drug-likeness (QED) is 0.636. The zero-order chi connectivity index (χ0) is 11.8. The number of hydrogen-bond acceptors (Lipinski definition) is 5. The van der Waals surface area contributed by atoms with Crippen molar-refractivity contribution in [2.45, 2.75) is 6.92 Å². The van der Waals surface area contributed by atoms with E-state index in [0.29, 0.717) is 17.2 Å². The average molecular weight is 225 g/mol. The summed E-state index contributed by atoms with van der Waals surface area (Å²) in [5.41, 5.74) is 2.55. The molecule has 0 bridgehead atoms. The molecular weight excluding hydrogens is 218 g/mol. The number of fused-ring (bicyclic) bond motifs is 1. The molecule has 0 unspecified atom stereocenters. The topological polar surface area (TPSA) is 75.8 Å². The van der Waals surface area contributed by atoms with Crippen molar-refractivity contribution in [2.24, 2.45) is 0 Å². The summed E-state index contributed by atoms with van der Waals surface area (Å²) in [6.45, 7) is 1.79. The van der Waals surface area contributed by atoms with Crippen molar-refractivity contribution in [1.82, 2.24) is 10.1 Å². The SMILES string of the molecule is Cc1nc2ccc(-c3cc(C#N)no3)cc2o1. The van der Waals surface area contributed by atoms with E-state index in [-0.39, 0.29) is 5.69 Å². The fourth-order valence-electron chi connectivity index (χ4n) is 1.66. The maximum absolute atomic E-state index is 8.67. The minimum Gasteiger partial charge on any atom is -0.441 e. The third-order valence-electron chi connectivity index (χ3n) is 2.40. The number of benzene rings is 1. The highest BCUT2D eigenvalue weighted by atomic mass is 16.5. The van der Waals surface area contributed by atoms with Gasteiger partial charge < -0.3 is 8.94 Å². The third kappa shape index (κ3) is 1.56. The van der Waals surface area contributed by atoms with Crippen LogP contribution in [0.1, 0.15) is 11.6 Å². The van der Waals surface area contributed by atoms with E-state index in [1.807, 2.05) is 24.3 Å². The van der Waals surface area contributed by atoms with Crippen LogP contribution < -0.4 is 0 Å². The first-order chi connectivity index (χ1) is 8.26. The zero-order valence-electron chi connectivity index (χ0n) is 8.97. The Morgan fingerprint density at radius 3 is 2.94 bits per heavy atom. The predicted octanol–water partition coefficient (Wildman–Crippen LogP) is 2.66.